The number of hydrogen-bond acceptors (Lipinski definition) is 3. The number of nitrogens with one attached hydrogen (secondary N) is 2. The van der Waals surface area contributed by atoms with Crippen LogP contribution < -0.4 is 5.32 Å². The number of H-pyrrole nitrogens is 1. The Morgan fingerprint density at radius 2 is 1.96 bits per heavy atom. The summed E-state index contributed by atoms with van der Waals surface area (Å²) in [5.41, 5.74) is 7.43. The Kier molecular flexibility index (Phi) is 5.44. The van der Waals surface area contributed by atoms with E-state index in [9.17, 15) is 4.79 Å². The molecule has 0 radical (unpaired) electrons. The lowest BCUT2D eigenvalue weighted by Gasteiger charge is -2.14. The number of amides is 1. The zero-order valence-corrected chi connectivity index (χ0v) is 16.6. The molecule has 0 saturated heterocycles. The van der Waals surface area contributed by atoms with Crippen LogP contribution in [-0.4, -0.2) is 25.9 Å². The minimum atomic E-state index is -0.0997. The Labute approximate surface area is 160 Å². The third-order valence-corrected chi connectivity index (χ3v) is 5.18. The van der Waals surface area contributed by atoms with E-state index in [-0.39, 0.29) is 11.9 Å². The summed E-state index contributed by atoms with van der Waals surface area (Å²) in [6.07, 6.45) is 2.89. The summed E-state index contributed by atoms with van der Waals surface area (Å²) in [7, 11) is 0. The molecule has 0 aliphatic heterocycles. The second-order valence-electron chi connectivity index (χ2n) is 7.09. The second kappa shape index (κ2) is 7.78. The van der Waals surface area contributed by atoms with E-state index >= 15 is 0 Å². The molecule has 1 amide bonds. The van der Waals surface area contributed by atoms with Gasteiger partial charge in [-0.1, -0.05) is 18.2 Å². The minimum Gasteiger partial charge on any atom is -0.349 e. The lowest BCUT2D eigenvalue weighted by Crippen LogP contribution is -2.27. The minimum absolute atomic E-state index is 0.0191. The molecule has 3 rings (SSSR count). The smallest absolute Gasteiger partial charge is 0.220 e. The van der Waals surface area contributed by atoms with Gasteiger partial charge >= 0.3 is 0 Å². The number of aryl methyl sites for hydroxylation is 3. The summed E-state index contributed by atoms with van der Waals surface area (Å²) in [5, 5.41) is 14.8. The van der Waals surface area contributed by atoms with E-state index in [2.05, 4.69) is 39.7 Å². The van der Waals surface area contributed by atoms with Crippen LogP contribution in [0.4, 0.5) is 0 Å². The number of aromatic nitrogens is 4. The summed E-state index contributed by atoms with van der Waals surface area (Å²) in [6.45, 7) is 10.1. The zero-order valence-electron chi connectivity index (χ0n) is 16.6. The van der Waals surface area contributed by atoms with Crippen molar-refractivity contribution in [2.24, 2.45) is 0 Å². The third kappa shape index (κ3) is 3.94. The van der Waals surface area contributed by atoms with E-state index in [1.165, 1.54) is 0 Å². The predicted molar refractivity (Wildman–Crippen MR) is 106 cm³/mol. The first-order chi connectivity index (χ1) is 12.9. The highest BCUT2D eigenvalue weighted by molar-refractivity contribution is 5.76. The van der Waals surface area contributed by atoms with Gasteiger partial charge in [-0.3, -0.25) is 9.89 Å². The quantitative estimate of drug-likeness (QED) is 0.700. The Morgan fingerprint density at radius 1 is 1.22 bits per heavy atom. The number of nitrogens with zero attached hydrogens (tertiary/aromatic N) is 3. The molecule has 1 atom stereocenters. The first kappa shape index (κ1) is 18.9. The van der Waals surface area contributed by atoms with Crippen LogP contribution in [0.1, 0.15) is 53.2 Å². The molecule has 6 heteroatoms. The zero-order chi connectivity index (χ0) is 19.6. The summed E-state index contributed by atoms with van der Waals surface area (Å²) in [5.74, 6) is 0.0191. The average molecular weight is 365 g/mol. The molecule has 0 fully saturated rings. The van der Waals surface area contributed by atoms with E-state index < -0.39 is 0 Å². The van der Waals surface area contributed by atoms with E-state index in [1.807, 2.05) is 50.7 Å². The SMILES string of the molecule is Cc1ccccc1-n1ncc([C@H](C)NC(=O)CCc2n[nH]c(C)c2C)c1C. The molecule has 0 unspecified atom stereocenters. The molecular formula is C21H27N5O. The molecule has 3 aromatic rings. The first-order valence-corrected chi connectivity index (χ1v) is 9.28. The van der Waals surface area contributed by atoms with Crippen LogP contribution in [0.25, 0.3) is 5.69 Å². The van der Waals surface area contributed by atoms with Crippen molar-refractivity contribution >= 4 is 5.91 Å². The second-order valence-corrected chi connectivity index (χ2v) is 7.09. The fourth-order valence-electron chi connectivity index (χ4n) is 3.29. The van der Waals surface area contributed by atoms with Crippen LogP contribution in [-0.2, 0) is 11.2 Å². The van der Waals surface area contributed by atoms with Gasteiger partial charge in [-0.2, -0.15) is 10.2 Å². The largest absolute Gasteiger partial charge is 0.349 e. The van der Waals surface area contributed by atoms with E-state index in [0.717, 1.165) is 39.5 Å². The normalized spacial score (nSPS) is 12.2. The summed E-state index contributed by atoms with van der Waals surface area (Å²) in [6, 6.07) is 8.05. The van der Waals surface area contributed by atoms with Crippen molar-refractivity contribution in [2.45, 2.75) is 53.5 Å². The topological polar surface area (TPSA) is 75.6 Å². The van der Waals surface area contributed by atoms with E-state index in [4.69, 9.17) is 0 Å². The van der Waals surface area contributed by atoms with Crippen LogP contribution in [0.3, 0.4) is 0 Å². The summed E-state index contributed by atoms with van der Waals surface area (Å²) < 4.78 is 1.93. The van der Waals surface area contributed by atoms with Crippen LogP contribution in [0.15, 0.2) is 30.5 Å². The Morgan fingerprint density at radius 3 is 2.63 bits per heavy atom. The predicted octanol–water partition coefficient (Wildman–Crippen LogP) is 3.64. The maximum Gasteiger partial charge on any atom is 0.220 e. The van der Waals surface area contributed by atoms with Gasteiger partial charge in [0, 0.05) is 29.8 Å². The van der Waals surface area contributed by atoms with Crippen LogP contribution in [0, 0.1) is 27.7 Å². The maximum atomic E-state index is 12.4. The molecule has 0 spiro atoms. The molecule has 0 bridgehead atoms. The molecular weight excluding hydrogens is 338 g/mol. The Hall–Kier alpha value is -2.89. The van der Waals surface area contributed by atoms with Gasteiger partial charge in [0.1, 0.15) is 0 Å². The van der Waals surface area contributed by atoms with Gasteiger partial charge in [0.2, 0.25) is 5.91 Å². The lowest BCUT2D eigenvalue weighted by atomic mass is 10.1. The average Bonchev–Trinajstić information content (AvgIpc) is 3.17. The molecule has 0 saturated carbocycles. The van der Waals surface area contributed by atoms with Crippen molar-refractivity contribution in [1.82, 2.24) is 25.3 Å². The highest BCUT2D eigenvalue weighted by atomic mass is 16.1. The monoisotopic (exact) mass is 365 g/mol. The number of para-hydroxylation sites is 1. The fourth-order valence-corrected chi connectivity index (χ4v) is 3.29. The third-order valence-electron chi connectivity index (χ3n) is 5.18. The number of aromatic amines is 1. The first-order valence-electron chi connectivity index (χ1n) is 9.28. The molecule has 2 heterocycles. The van der Waals surface area contributed by atoms with Crippen molar-refractivity contribution in [1.29, 1.82) is 0 Å². The molecule has 2 N–H and O–H groups in total. The van der Waals surface area contributed by atoms with E-state index in [0.29, 0.717) is 12.8 Å². The van der Waals surface area contributed by atoms with Gasteiger partial charge in [0.15, 0.2) is 0 Å². The van der Waals surface area contributed by atoms with Crippen LogP contribution >= 0.6 is 0 Å². The Balaban J connectivity index is 1.66. The maximum absolute atomic E-state index is 12.4. The Bertz CT molecular complexity index is 953. The number of rotatable bonds is 6. The van der Waals surface area contributed by atoms with Gasteiger partial charge in [-0.05, 0) is 51.8 Å². The standard InChI is InChI=1S/C21H27N5O/c1-13-8-6-7-9-20(13)26-17(5)18(12-22-26)16(4)23-21(27)11-10-19-14(2)15(3)24-25-19/h6-9,12,16H,10-11H2,1-5H3,(H,23,27)(H,24,25)/t16-/m0/s1. The number of carbonyl (C=O) groups is 1. The summed E-state index contributed by atoms with van der Waals surface area (Å²) >= 11 is 0. The number of hydrogen-bond donors (Lipinski definition) is 2. The van der Waals surface area contributed by atoms with Crippen molar-refractivity contribution in [3.63, 3.8) is 0 Å². The van der Waals surface area contributed by atoms with Crippen molar-refractivity contribution in [3.05, 3.63) is 64.2 Å². The highest BCUT2D eigenvalue weighted by Crippen LogP contribution is 2.22. The van der Waals surface area contributed by atoms with Crippen molar-refractivity contribution < 1.29 is 4.79 Å². The van der Waals surface area contributed by atoms with Gasteiger partial charge in [0.05, 0.1) is 23.6 Å². The summed E-state index contributed by atoms with van der Waals surface area (Å²) in [4.78, 5) is 12.4. The highest BCUT2D eigenvalue weighted by Gasteiger charge is 2.17. The number of carbonyl (C=O) groups excluding carboxylic acids is 1. The molecule has 2 aromatic heterocycles. The van der Waals surface area contributed by atoms with Gasteiger partial charge in [-0.15, -0.1) is 0 Å². The van der Waals surface area contributed by atoms with Gasteiger partial charge in [0.25, 0.3) is 0 Å². The molecule has 0 aliphatic rings. The molecule has 0 aliphatic carbocycles. The van der Waals surface area contributed by atoms with Gasteiger partial charge < -0.3 is 5.32 Å². The molecule has 142 valence electrons. The number of benzene rings is 1. The van der Waals surface area contributed by atoms with Gasteiger partial charge in [-0.25, -0.2) is 4.68 Å². The fraction of sp³-hybridized carbons (Fsp3) is 0.381. The van der Waals surface area contributed by atoms with Crippen molar-refractivity contribution in [2.75, 3.05) is 0 Å². The lowest BCUT2D eigenvalue weighted by molar-refractivity contribution is -0.121. The van der Waals surface area contributed by atoms with E-state index in [1.54, 1.807) is 0 Å². The van der Waals surface area contributed by atoms with Crippen molar-refractivity contribution in [3.8, 4) is 5.69 Å². The molecule has 27 heavy (non-hydrogen) atoms. The molecule has 1 aromatic carbocycles. The van der Waals surface area contributed by atoms with Crippen LogP contribution in [0.5, 0.6) is 0 Å². The van der Waals surface area contributed by atoms with Crippen LogP contribution in [0.2, 0.25) is 0 Å². The molecule has 6 nitrogen and oxygen atoms in total.